The van der Waals surface area contributed by atoms with E-state index in [9.17, 15) is 4.79 Å². The molecule has 0 amide bonds. The average Bonchev–Trinajstić information content (AvgIpc) is 1.82. The van der Waals surface area contributed by atoms with Gasteiger partial charge in [0.2, 0.25) is 0 Å². The van der Waals surface area contributed by atoms with E-state index < -0.39 is 0 Å². The Balaban J connectivity index is 3.07. The predicted molar refractivity (Wildman–Crippen MR) is 46.3 cm³/mol. The van der Waals surface area contributed by atoms with Crippen molar-refractivity contribution in [2.75, 3.05) is 0 Å². The minimum atomic E-state index is -0.190. The van der Waals surface area contributed by atoms with Crippen LogP contribution in [-0.4, -0.2) is 5.78 Å². The van der Waals surface area contributed by atoms with Gasteiger partial charge in [0.05, 0.1) is 12.0 Å². The van der Waals surface area contributed by atoms with Crippen molar-refractivity contribution in [2.24, 2.45) is 11.3 Å². The molecule has 2 nitrogen and oxygen atoms in total. The van der Waals surface area contributed by atoms with Crippen LogP contribution in [0.4, 0.5) is 0 Å². The second-order valence-electron chi connectivity index (χ2n) is 4.08. The van der Waals surface area contributed by atoms with Gasteiger partial charge in [-0.2, -0.15) is 5.26 Å². The molecule has 1 atom stereocenters. The maximum absolute atomic E-state index is 11.2. The molecule has 0 saturated carbocycles. The van der Waals surface area contributed by atoms with Crippen molar-refractivity contribution < 1.29 is 4.79 Å². The molecule has 0 bridgehead atoms. The SMILES string of the molecule is CC1=CC(=O)CC(C)(C)C1C#N. The Morgan fingerprint density at radius 2 is 2.25 bits per heavy atom. The third-order valence-corrected chi connectivity index (χ3v) is 2.38. The van der Waals surface area contributed by atoms with E-state index in [0.29, 0.717) is 6.42 Å². The highest BCUT2D eigenvalue weighted by Crippen LogP contribution is 2.38. The Bertz CT molecular complexity index is 281. The number of carbonyl (C=O) groups is 1. The lowest BCUT2D eigenvalue weighted by atomic mass is 9.69. The minimum Gasteiger partial charge on any atom is -0.295 e. The van der Waals surface area contributed by atoms with Crippen LogP contribution in [0.25, 0.3) is 0 Å². The number of allylic oxidation sites excluding steroid dienone is 2. The largest absolute Gasteiger partial charge is 0.295 e. The molecule has 0 saturated heterocycles. The maximum atomic E-state index is 11.2. The lowest BCUT2D eigenvalue weighted by Gasteiger charge is -2.32. The first kappa shape index (κ1) is 8.99. The van der Waals surface area contributed by atoms with Gasteiger partial charge in [-0.1, -0.05) is 19.4 Å². The molecule has 0 aromatic heterocycles. The molecular formula is C10H13NO. The fraction of sp³-hybridized carbons (Fsp3) is 0.600. The van der Waals surface area contributed by atoms with E-state index in [2.05, 4.69) is 6.07 Å². The number of nitriles is 1. The lowest BCUT2D eigenvalue weighted by molar-refractivity contribution is -0.117. The van der Waals surface area contributed by atoms with Crippen LogP contribution >= 0.6 is 0 Å². The van der Waals surface area contributed by atoms with Gasteiger partial charge in [0.1, 0.15) is 0 Å². The van der Waals surface area contributed by atoms with Crippen LogP contribution in [0, 0.1) is 22.7 Å². The van der Waals surface area contributed by atoms with Crippen LogP contribution in [-0.2, 0) is 4.79 Å². The van der Waals surface area contributed by atoms with E-state index in [1.54, 1.807) is 6.08 Å². The third kappa shape index (κ3) is 1.40. The molecule has 1 rings (SSSR count). The predicted octanol–water partition coefficient (Wildman–Crippen LogP) is 2.07. The van der Waals surface area contributed by atoms with Crippen molar-refractivity contribution in [3.05, 3.63) is 11.6 Å². The summed E-state index contributed by atoms with van der Waals surface area (Å²) in [5.41, 5.74) is 0.712. The highest BCUT2D eigenvalue weighted by molar-refractivity contribution is 5.92. The average molecular weight is 163 g/mol. The molecule has 0 aromatic carbocycles. The Morgan fingerprint density at radius 3 is 2.67 bits per heavy atom. The van der Waals surface area contributed by atoms with Gasteiger partial charge in [-0.3, -0.25) is 4.79 Å². The van der Waals surface area contributed by atoms with Crippen molar-refractivity contribution in [2.45, 2.75) is 27.2 Å². The van der Waals surface area contributed by atoms with Gasteiger partial charge < -0.3 is 0 Å². The van der Waals surface area contributed by atoms with Gasteiger partial charge in [0.15, 0.2) is 5.78 Å². The van der Waals surface area contributed by atoms with Gasteiger partial charge in [-0.25, -0.2) is 0 Å². The van der Waals surface area contributed by atoms with E-state index in [1.807, 2.05) is 20.8 Å². The lowest BCUT2D eigenvalue weighted by Crippen LogP contribution is -2.30. The summed E-state index contributed by atoms with van der Waals surface area (Å²) < 4.78 is 0. The summed E-state index contributed by atoms with van der Waals surface area (Å²) in [6.45, 7) is 5.79. The number of rotatable bonds is 0. The Morgan fingerprint density at radius 1 is 1.67 bits per heavy atom. The first-order valence-corrected chi connectivity index (χ1v) is 4.08. The van der Waals surface area contributed by atoms with E-state index in [-0.39, 0.29) is 17.1 Å². The quantitative estimate of drug-likeness (QED) is 0.548. The first-order valence-electron chi connectivity index (χ1n) is 4.08. The van der Waals surface area contributed by atoms with Gasteiger partial charge in [0.25, 0.3) is 0 Å². The molecule has 0 radical (unpaired) electrons. The van der Waals surface area contributed by atoms with Gasteiger partial charge in [-0.15, -0.1) is 0 Å². The Hall–Kier alpha value is -1.10. The third-order valence-electron chi connectivity index (χ3n) is 2.38. The number of hydrogen-bond acceptors (Lipinski definition) is 2. The van der Waals surface area contributed by atoms with Gasteiger partial charge >= 0.3 is 0 Å². The zero-order valence-electron chi connectivity index (χ0n) is 7.72. The highest BCUT2D eigenvalue weighted by atomic mass is 16.1. The summed E-state index contributed by atoms with van der Waals surface area (Å²) in [6.07, 6.45) is 2.09. The van der Waals surface area contributed by atoms with Gasteiger partial charge in [0, 0.05) is 6.42 Å². The Kier molecular flexibility index (Phi) is 2.06. The van der Waals surface area contributed by atoms with E-state index in [0.717, 1.165) is 5.57 Å². The molecule has 1 aliphatic carbocycles. The molecule has 0 N–H and O–H groups in total. The topological polar surface area (TPSA) is 40.9 Å². The van der Waals surface area contributed by atoms with E-state index in [1.165, 1.54) is 0 Å². The first-order chi connectivity index (χ1) is 5.47. The smallest absolute Gasteiger partial charge is 0.156 e. The second kappa shape index (κ2) is 2.75. The number of carbonyl (C=O) groups excluding carboxylic acids is 1. The number of hydrogen-bond donors (Lipinski definition) is 0. The summed E-state index contributed by atoms with van der Waals surface area (Å²) >= 11 is 0. The van der Waals surface area contributed by atoms with Crippen LogP contribution in [0.15, 0.2) is 11.6 Å². The van der Waals surface area contributed by atoms with Gasteiger partial charge in [-0.05, 0) is 18.4 Å². The van der Waals surface area contributed by atoms with Crippen molar-refractivity contribution in [3.63, 3.8) is 0 Å². The number of nitrogens with zero attached hydrogens (tertiary/aromatic N) is 1. The van der Waals surface area contributed by atoms with Crippen LogP contribution in [0.1, 0.15) is 27.2 Å². The van der Waals surface area contributed by atoms with Crippen LogP contribution < -0.4 is 0 Å². The monoisotopic (exact) mass is 163 g/mol. The van der Waals surface area contributed by atoms with Crippen LogP contribution in [0.2, 0.25) is 0 Å². The zero-order valence-corrected chi connectivity index (χ0v) is 7.72. The molecular weight excluding hydrogens is 150 g/mol. The maximum Gasteiger partial charge on any atom is 0.156 e. The molecule has 2 heteroatoms. The summed E-state index contributed by atoms with van der Waals surface area (Å²) in [5.74, 6) is 0.0409. The Labute approximate surface area is 72.9 Å². The molecule has 0 spiro atoms. The zero-order chi connectivity index (χ0) is 9.35. The van der Waals surface area contributed by atoms with Crippen LogP contribution in [0.3, 0.4) is 0 Å². The molecule has 0 heterocycles. The minimum absolute atomic E-state index is 0.102. The second-order valence-corrected chi connectivity index (χ2v) is 4.08. The van der Waals surface area contributed by atoms with Crippen molar-refractivity contribution >= 4 is 5.78 Å². The molecule has 1 unspecified atom stereocenters. The summed E-state index contributed by atoms with van der Waals surface area (Å²) in [4.78, 5) is 11.2. The fourth-order valence-electron chi connectivity index (χ4n) is 1.83. The van der Waals surface area contributed by atoms with Crippen LogP contribution in [0.5, 0.6) is 0 Å². The van der Waals surface area contributed by atoms with E-state index in [4.69, 9.17) is 5.26 Å². The molecule has 64 valence electrons. The van der Waals surface area contributed by atoms with E-state index >= 15 is 0 Å². The van der Waals surface area contributed by atoms with Crippen molar-refractivity contribution in [3.8, 4) is 6.07 Å². The summed E-state index contributed by atoms with van der Waals surface area (Å²) in [5, 5.41) is 8.88. The molecule has 0 fully saturated rings. The number of ketones is 1. The standard InChI is InChI=1S/C10H13NO/c1-7-4-8(12)5-10(2,3)9(7)6-11/h4,9H,5H2,1-3H3. The van der Waals surface area contributed by atoms with Crippen molar-refractivity contribution in [1.29, 1.82) is 5.26 Å². The normalized spacial score (nSPS) is 27.7. The fourth-order valence-corrected chi connectivity index (χ4v) is 1.83. The molecule has 0 aliphatic heterocycles. The van der Waals surface area contributed by atoms with Crippen molar-refractivity contribution in [1.82, 2.24) is 0 Å². The summed E-state index contributed by atoms with van der Waals surface area (Å²) in [6, 6.07) is 2.24. The highest BCUT2D eigenvalue weighted by Gasteiger charge is 2.35. The molecule has 12 heavy (non-hydrogen) atoms. The molecule has 0 aromatic rings. The summed E-state index contributed by atoms with van der Waals surface area (Å²) in [7, 11) is 0. The molecule has 1 aliphatic rings.